The lowest BCUT2D eigenvalue weighted by molar-refractivity contribution is -0.117. The van der Waals surface area contributed by atoms with Crippen LogP contribution in [0, 0.1) is 0 Å². The van der Waals surface area contributed by atoms with Crippen molar-refractivity contribution in [3.05, 3.63) is 53.6 Å². The molecule has 164 valence electrons. The van der Waals surface area contributed by atoms with E-state index in [1.165, 1.54) is 5.56 Å². The van der Waals surface area contributed by atoms with E-state index in [1.54, 1.807) is 11.8 Å². The number of carbonyl (C=O) groups excluding carboxylic acids is 1. The maximum Gasteiger partial charge on any atom is 0.405 e. The summed E-state index contributed by atoms with van der Waals surface area (Å²) in [6.45, 7) is 7.88. The number of anilines is 1. The van der Waals surface area contributed by atoms with Crippen LogP contribution in [-0.2, 0) is 16.1 Å². The van der Waals surface area contributed by atoms with Gasteiger partial charge in [0.05, 0.1) is 19.3 Å². The van der Waals surface area contributed by atoms with E-state index in [0.717, 1.165) is 55.2 Å². The van der Waals surface area contributed by atoms with Gasteiger partial charge in [-0.3, -0.25) is 9.69 Å². The normalized spacial score (nSPS) is 21.4. The molecule has 1 saturated heterocycles. The summed E-state index contributed by atoms with van der Waals surface area (Å²) < 4.78 is 5.41. The van der Waals surface area contributed by atoms with Crippen molar-refractivity contribution in [2.45, 2.75) is 38.9 Å². The van der Waals surface area contributed by atoms with Gasteiger partial charge in [-0.05, 0) is 47.7 Å². The third kappa shape index (κ3) is 4.73. The highest BCUT2D eigenvalue weighted by molar-refractivity contribution is 5.94. The molecule has 2 amide bonds. The average molecular weight is 424 g/mol. The van der Waals surface area contributed by atoms with Crippen molar-refractivity contribution in [3.63, 3.8) is 0 Å². The first kappa shape index (κ1) is 21.3. The summed E-state index contributed by atoms with van der Waals surface area (Å²) in [5, 5.41) is 11.9. The topological polar surface area (TPSA) is 82.1 Å². The fraction of sp³-hybridized carbons (Fsp3) is 0.417. The van der Waals surface area contributed by atoms with Gasteiger partial charge in [0.25, 0.3) is 0 Å². The molecule has 2 heterocycles. The Morgan fingerprint density at radius 1 is 1.10 bits per heavy atom. The smallest absolute Gasteiger partial charge is 0.405 e. The van der Waals surface area contributed by atoms with Crippen LogP contribution in [0.3, 0.4) is 0 Å². The number of carbonyl (C=O) groups is 2. The van der Waals surface area contributed by atoms with E-state index in [9.17, 15) is 14.7 Å². The molecule has 2 unspecified atom stereocenters. The summed E-state index contributed by atoms with van der Waals surface area (Å²) in [6.07, 6.45) is -0.516. The van der Waals surface area contributed by atoms with Crippen molar-refractivity contribution < 1.29 is 19.4 Å². The van der Waals surface area contributed by atoms with Crippen LogP contribution in [0.5, 0.6) is 0 Å². The quantitative estimate of drug-likeness (QED) is 0.785. The molecule has 2 atom stereocenters. The Morgan fingerprint density at radius 2 is 1.77 bits per heavy atom. The lowest BCUT2D eigenvalue weighted by Crippen LogP contribution is -2.45. The van der Waals surface area contributed by atoms with Crippen molar-refractivity contribution in [3.8, 4) is 11.1 Å². The first-order chi connectivity index (χ1) is 14.9. The molecule has 0 spiro atoms. The lowest BCUT2D eigenvalue weighted by Gasteiger charge is -2.39. The van der Waals surface area contributed by atoms with Crippen molar-refractivity contribution in [2.75, 3.05) is 31.2 Å². The molecular weight excluding hydrogens is 394 g/mol. The Morgan fingerprint density at radius 3 is 2.42 bits per heavy atom. The van der Waals surface area contributed by atoms with Crippen molar-refractivity contribution in [1.29, 1.82) is 0 Å². The second kappa shape index (κ2) is 9.08. The van der Waals surface area contributed by atoms with Crippen LogP contribution in [0.2, 0.25) is 0 Å². The van der Waals surface area contributed by atoms with Gasteiger partial charge in [0, 0.05) is 38.3 Å². The van der Waals surface area contributed by atoms with Crippen molar-refractivity contribution in [1.82, 2.24) is 10.2 Å². The average Bonchev–Trinajstić information content (AvgIpc) is 2.74. The number of rotatable bonds is 4. The number of fused-ring (bicyclic) bond motifs is 1. The number of benzene rings is 2. The predicted molar refractivity (Wildman–Crippen MR) is 119 cm³/mol. The minimum Gasteiger partial charge on any atom is -0.465 e. The largest absolute Gasteiger partial charge is 0.465 e. The summed E-state index contributed by atoms with van der Waals surface area (Å²) >= 11 is 0. The summed E-state index contributed by atoms with van der Waals surface area (Å²) in [6, 6.07) is 14.0. The molecule has 2 aliphatic heterocycles. The van der Waals surface area contributed by atoms with Gasteiger partial charge in [0.15, 0.2) is 0 Å². The molecule has 2 aromatic rings. The van der Waals surface area contributed by atoms with E-state index in [2.05, 4.69) is 34.5 Å². The van der Waals surface area contributed by atoms with Crippen LogP contribution in [-0.4, -0.2) is 54.4 Å². The molecule has 4 rings (SSSR count). The van der Waals surface area contributed by atoms with Gasteiger partial charge in [-0.15, -0.1) is 0 Å². The zero-order valence-electron chi connectivity index (χ0n) is 18.0. The highest BCUT2D eigenvalue weighted by atomic mass is 16.5. The lowest BCUT2D eigenvalue weighted by atomic mass is 9.89. The Hall–Kier alpha value is -2.90. The summed E-state index contributed by atoms with van der Waals surface area (Å²) in [5.74, 6) is -0.0391. The molecule has 0 bridgehead atoms. The van der Waals surface area contributed by atoms with Gasteiger partial charge in [-0.1, -0.05) is 30.3 Å². The number of ether oxygens (including phenoxy) is 1. The number of carboxylic acid groups (broad SMARTS) is 1. The molecule has 7 heteroatoms. The fourth-order valence-corrected chi connectivity index (χ4v) is 4.63. The minimum atomic E-state index is -1.06. The first-order valence-electron chi connectivity index (χ1n) is 10.7. The van der Waals surface area contributed by atoms with Crippen LogP contribution in [0.25, 0.3) is 11.1 Å². The van der Waals surface area contributed by atoms with E-state index in [-0.39, 0.29) is 18.0 Å². The molecule has 2 N–H and O–H groups in total. The highest BCUT2D eigenvalue weighted by Crippen LogP contribution is 2.39. The zero-order chi connectivity index (χ0) is 22.0. The highest BCUT2D eigenvalue weighted by Gasteiger charge is 2.33. The second-order valence-corrected chi connectivity index (χ2v) is 8.33. The minimum absolute atomic E-state index is 0.0391. The summed E-state index contributed by atoms with van der Waals surface area (Å²) in [5.41, 5.74) is 4.94. The maximum absolute atomic E-state index is 12.2. The monoisotopic (exact) mass is 423 g/mol. The Kier molecular flexibility index (Phi) is 6.25. The van der Waals surface area contributed by atoms with Crippen molar-refractivity contribution in [2.24, 2.45) is 0 Å². The molecule has 2 aromatic carbocycles. The van der Waals surface area contributed by atoms with E-state index in [0.29, 0.717) is 6.42 Å². The number of hydrogen-bond acceptors (Lipinski definition) is 4. The molecule has 7 nitrogen and oxygen atoms in total. The molecule has 0 aromatic heterocycles. The number of morpholine rings is 1. The third-order valence-electron chi connectivity index (χ3n) is 6.11. The van der Waals surface area contributed by atoms with Crippen LogP contribution >= 0.6 is 0 Å². The fourth-order valence-electron chi connectivity index (χ4n) is 4.63. The Labute approximate surface area is 182 Å². The maximum atomic E-state index is 12.2. The molecule has 1 fully saturated rings. The van der Waals surface area contributed by atoms with Gasteiger partial charge in [-0.25, -0.2) is 4.79 Å². The molecule has 0 aliphatic carbocycles. The van der Waals surface area contributed by atoms with Crippen LogP contribution < -0.4 is 10.2 Å². The van der Waals surface area contributed by atoms with Crippen LogP contribution in [0.4, 0.5) is 10.5 Å². The van der Waals surface area contributed by atoms with Gasteiger partial charge in [0.1, 0.15) is 0 Å². The van der Waals surface area contributed by atoms with Crippen LogP contribution in [0.15, 0.2) is 42.5 Å². The first-order valence-corrected chi connectivity index (χ1v) is 10.7. The molecule has 0 radical (unpaired) electrons. The summed E-state index contributed by atoms with van der Waals surface area (Å²) in [4.78, 5) is 27.7. The number of nitrogens with zero attached hydrogens (tertiary/aromatic N) is 2. The Balaban J connectivity index is 1.61. The molecule has 2 aliphatic rings. The van der Waals surface area contributed by atoms with E-state index < -0.39 is 6.09 Å². The number of hydrogen-bond donors (Lipinski definition) is 2. The third-order valence-corrected chi connectivity index (χ3v) is 6.11. The SMILES string of the molecule is CC(=O)N1c2ccc(-c3ccc(CN4CCOCC4)cc3)cc2C(NC(=O)O)CC1C. The zero-order valence-corrected chi connectivity index (χ0v) is 18.0. The van der Waals surface area contributed by atoms with Gasteiger partial charge in [0.2, 0.25) is 5.91 Å². The second-order valence-electron chi connectivity index (χ2n) is 8.33. The van der Waals surface area contributed by atoms with Gasteiger partial charge < -0.3 is 20.1 Å². The van der Waals surface area contributed by atoms with E-state index >= 15 is 0 Å². The molecule has 31 heavy (non-hydrogen) atoms. The Bertz CT molecular complexity index is 954. The van der Waals surface area contributed by atoms with Crippen LogP contribution in [0.1, 0.15) is 37.4 Å². The molecular formula is C24H29N3O4. The predicted octanol–water partition coefficient (Wildman–Crippen LogP) is 3.64. The van der Waals surface area contributed by atoms with Gasteiger partial charge in [-0.2, -0.15) is 0 Å². The van der Waals surface area contributed by atoms with Gasteiger partial charge >= 0.3 is 6.09 Å². The van der Waals surface area contributed by atoms with E-state index in [4.69, 9.17) is 4.74 Å². The summed E-state index contributed by atoms with van der Waals surface area (Å²) in [7, 11) is 0. The number of nitrogens with one attached hydrogen (secondary N) is 1. The van der Waals surface area contributed by atoms with E-state index in [1.807, 2.05) is 25.1 Å². The standard InChI is InChI=1S/C24H29N3O4/c1-16-13-22(25-24(29)30)21-14-20(7-8-23(21)27(16)17(2)28)19-5-3-18(4-6-19)15-26-9-11-31-12-10-26/h3-8,14,16,22,25H,9-13,15H2,1-2H3,(H,29,30). The number of amides is 2. The van der Waals surface area contributed by atoms with Crippen molar-refractivity contribution >= 4 is 17.7 Å². The molecule has 0 saturated carbocycles.